The molecule has 3 aromatic rings. The lowest BCUT2D eigenvalue weighted by Gasteiger charge is -2.52. The number of benzene rings is 3. The number of likely N-dealkylation sites (tertiary alicyclic amines) is 1. The predicted octanol–water partition coefficient (Wildman–Crippen LogP) is 5.61. The fourth-order valence-electron chi connectivity index (χ4n) is 5.23. The van der Waals surface area contributed by atoms with E-state index >= 15 is 0 Å². The van der Waals surface area contributed by atoms with E-state index in [-0.39, 0.29) is 5.91 Å². The number of β-lactam (4-membered cyclic amide) rings is 1. The lowest BCUT2D eigenvalue weighted by molar-refractivity contribution is -0.154. The van der Waals surface area contributed by atoms with Crippen LogP contribution in [0.5, 0.6) is 0 Å². The lowest BCUT2D eigenvalue weighted by Crippen LogP contribution is -2.67. The van der Waals surface area contributed by atoms with E-state index in [1.54, 1.807) is 4.90 Å². The highest BCUT2D eigenvalue weighted by Gasteiger charge is 2.54. The minimum absolute atomic E-state index is 0.0839. The van der Waals surface area contributed by atoms with Crippen LogP contribution in [-0.2, 0) is 14.3 Å². The summed E-state index contributed by atoms with van der Waals surface area (Å²) >= 11 is 5.65. The molecule has 1 unspecified atom stereocenters. The molecule has 0 N–H and O–H groups in total. The van der Waals surface area contributed by atoms with E-state index in [2.05, 4.69) is 36.4 Å². The summed E-state index contributed by atoms with van der Waals surface area (Å²) in [5, 5.41) is 2.95. The molecule has 1 aliphatic heterocycles. The highest BCUT2D eigenvalue weighted by Crippen LogP contribution is 2.51. The predicted molar refractivity (Wildman–Crippen MR) is 163 cm³/mol. The lowest BCUT2D eigenvalue weighted by atomic mass is 9.81. The number of ether oxygens (including phenoxy) is 1. The summed E-state index contributed by atoms with van der Waals surface area (Å²) in [5.41, 5.74) is -0.945. The first-order chi connectivity index (χ1) is 18.0. The fourth-order valence-corrected chi connectivity index (χ4v) is 10.00. The van der Waals surface area contributed by atoms with Crippen molar-refractivity contribution in [3.63, 3.8) is 0 Å². The first-order valence-electron chi connectivity index (χ1n) is 13.0. The Morgan fingerprint density at radius 3 is 1.66 bits per heavy atom. The van der Waals surface area contributed by atoms with E-state index in [4.69, 9.17) is 17.0 Å². The number of carbonyl (C=O) groups is 2. The van der Waals surface area contributed by atoms with Gasteiger partial charge in [0.2, 0.25) is 5.91 Å². The Labute approximate surface area is 232 Å². The normalized spacial score (nSPS) is 17.5. The number of hydrogen-bond donors (Lipinski definition) is 0. The van der Waals surface area contributed by atoms with Crippen molar-refractivity contribution in [3.8, 4) is 0 Å². The van der Waals surface area contributed by atoms with Gasteiger partial charge in [-0.05, 0) is 54.9 Å². The topological polar surface area (TPSA) is 46.6 Å². The number of rotatable bonds is 8. The molecule has 0 saturated carbocycles. The average Bonchev–Trinajstić information content (AvgIpc) is 2.89. The van der Waals surface area contributed by atoms with Gasteiger partial charge in [-0.15, -0.1) is 0 Å². The van der Waals surface area contributed by atoms with Crippen LogP contribution in [0.3, 0.4) is 0 Å². The maximum atomic E-state index is 14.5. The van der Waals surface area contributed by atoms with Crippen molar-refractivity contribution in [2.75, 3.05) is 0 Å². The monoisotopic (exact) mass is 545 g/mol. The molecule has 1 aliphatic rings. The van der Waals surface area contributed by atoms with Crippen LogP contribution in [0.15, 0.2) is 91.0 Å². The van der Waals surface area contributed by atoms with E-state index < -0.39 is 24.0 Å². The van der Waals surface area contributed by atoms with Crippen LogP contribution in [0.1, 0.15) is 53.9 Å². The molecule has 0 spiro atoms. The highest BCUT2D eigenvalue weighted by molar-refractivity contribution is 7.96. The molecule has 4 rings (SSSR count). The summed E-state index contributed by atoms with van der Waals surface area (Å²) < 4.78 is 6.13. The third kappa shape index (κ3) is 5.28. The molecule has 6 heteroatoms. The second-order valence-corrected chi connectivity index (χ2v) is 14.9. The van der Waals surface area contributed by atoms with Crippen molar-refractivity contribution in [1.82, 2.24) is 4.90 Å². The number of amides is 1. The molecular formula is C32H36NO3PS. The number of esters is 1. The highest BCUT2D eigenvalue weighted by atomic mass is 32.1. The smallest absolute Gasteiger partial charge is 0.356 e. The van der Waals surface area contributed by atoms with Crippen molar-refractivity contribution in [3.05, 3.63) is 91.0 Å². The van der Waals surface area contributed by atoms with Gasteiger partial charge in [0.05, 0.1) is 12.0 Å². The Kier molecular flexibility index (Phi) is 8.11. The van der Waals surface area contributed by atoms with Gasteiger partial charge in [-0.25, -0.2) is 4.79 Å². The quantitative estimate of drug-likeness (QED) is 0.160. The minimum Gasteiger partial charge on any atom is -0.455 e. The van der Waals surface area contributed by atoms with Crippen molar-refractivity contribution < 1.29 is 14.3 Å². The molecule has 0 aliphatic carbocycles. The molecule has 0 radical (unpaired) electrons. The Bertz CT molecular complexity index is 1280. The van der Waals surface area contributed by atoms with Gasteiger partial charge < -0.3 is 4.74 Å². The van der Waals surface area contributed by atoms with E-state index in [0.29, 0.717) is 18.3 Å². The van der Waals surface area contributed by atoms with Crippen molar-refractivity contribution in [1.29, 1.82) is 0 Å². The second kappa shape index (κ2) is 11.0. The van der Waals surface area contributed by atoms with E-state index in [1.807, 2.05) is 89.2 Å². The third-order valence-corrected chi connectivity index (χ3v) is 11.5. The van der Waals surface area contributed by atoms with E-state index in [1.165, 1.54) is 0 Å². The Hall–Kier alpha value is -3.01. The molecule has 38 heavy (non-hydrogen) atoms. The van der Waals surface area contributed by atoms with Crippen LogP contribution in [0.4, 0.5) is 0 Å². The SMILES string of the molecule is CCC(=S)CC1(C)CC(=O)N1C(C(=O)OC(C)(C)C)=P(c1ccccc1)(c1ccccc1)c1ccccc1. The van der Waals surface area contributed by atoms with Crippen molar-refractivity contribution in [2.24, 2.45) is 0 Å². The standard InChI is InChI=1S/C32H36NO3PS/c1-6-27(38)22-32(5)23-28(34)33(32)29(30(35)36-31(2,3)4)37(24-16-10-7-11-17-24,25-18-12-8-13-19-25)26-20-14-9-15-21-26/h7-21H,6,22-23H2,1-5H3. The summed E-state index contributed by atoms with van der Waals surface area (Å²) in [6, 6.07) is 30.3. The molecule has 1 heterocycles. The van der Waals surface area contributed by atoms with Gasteiger partial charge in [0, 0.05) is 13.3 Å². The molecular weight excluding hydrogens is 509 g/mol. The summed E-state index contributed by atoms with van der Waals surface area (Å²) in [4.78, 5) is 30.8. The fraction of sp³-hybridized carbons (Fsp3) is 0.312. The maximum Gasteiger partial charge on any atom is 0.356 e. The molecule has 1 atom stereocenters. The largest absolute Gasteiger partial charge is 0.455 e. The molecule has 3 aromatic carbocycles. The summed E-state index contributed by atoms with van der Waals surface area (Å²) in [7, 11) is 0. The maximum absolute atomic E-state index is 14.5. The van der Waals surface area contributed by atoms with Crippen LogP contribution in [0.2, 0.25) is 0 Å². The molecule has 0 aromatic heterocycles. The van der Waals surface area contributed by atoms with Gasteiger partial charge in [0.15, 0.2) is 0 Å². The zero-order valence-corrected chi connectivity index (χ0v) is 24.5. The summed E-state index contributed by atoms with van der Waals surface area (Å²) in [6.07, 6.45) is 1.62. The minimum atomic E-state index is -2.89. The summed E-state index contributed by atoms with van der Waals surface area (Å²) in [6.45, 7) is 6.76. The van der Waals surface area contributed by atoms with Gasteiger partial charge in [-0.1, -0.05) is 110 Å². The van der Waals surface area contributed by atoms with E-state index in [9.17, 15) is 9.59 Å². The number of thiocarbonyl (C=S) groups is 1. The molecule has 1 amide bonds. The molecule has 1 saturated heterocycles. The Morgan fingerprint density at radius 2 is 1.32 bits per heavy atom. The van der Waals surface area contributed by atoms with Crippen LogP contribution in [0, 0.1) is 0 Å². The number of hydrogen-bond acceptors (Lipinski definition) is 4. The molecule has 4 nitrogen and oxygen atoms in total. The first-order valence-corrected chi connectivity index (χ1v) is 15.2. The summed E-state index contributed by atoms with van der Waals surface area (Å²) in [5.74, 6) is -0.552. The van der Waals surface area contributed by atoms with Gasteiger partial charge in [0.25, 0.3) is 0 Å². The third-order valence-electron chi connectivity index (χ3n) is 6.84. The van der Waals surface area contributed by atoms with E-state index in [0.717, 1.165) is 27.2 Å². The van der Waals surface area contributed by atoms with Crippen molar-refractivity contribution in [2.45, 2.75) is 65.0 Å². The van der Waals surface area contributed by atoms with Crippen LogP contribution >= 0.6 is 19.1 Å². The second-order valence-electron chi connectivity index (χ2n) is 11.0. The van der Waals surface area contributed by atoms with Crippen molar-refractivity contribution >= 4 is 57.2 Å². The average molecular weight is 546 g/mol. The van der Waals surface area contributed by atoms with Crippen LogP contribution in [0.25, 0.3) is 0 Å². The number of carbonyl (C=O) groups excluding carboxylic acids is 2. The zero-order chi connectivity index (χ0) is 27.6. The Balaban J connectivity index is 2.23. The number of nitrogens with zero attached hydrogens (tertiary/aromatic N) is 1. The van der Waals surface area contributed by atoms with Gasteiger partial charge in [-0.3, -0.25) is 9.69 Å². The Morgan fingerprint density at radius 1 is 0.895 bits per heavy atom. The molecule has 1 fully saturated rings. The zero-order valence-electron chi connectivity index (χ0n) is 22.8. The van der Waals surface area contributed by atoms with Crippen LogP contribution in [-0.4, -0.2) is 38.2 Å². The first kappa shape index (κ1) is 28.0. The van der Waals surface area contributed by atoms with Gasteiger partial charge in [-0.2, -0.15) is 0 Å². The molecule has 0 bridgehead atoms. The van der Waals surface area contributed by atoms with Gasteiger partial charge >= 0.3 is 5.97 Å². The van der Waals surface area contributed by atoms with Crippen LogP contribution < -0.4 is 15.9 Å². The van der Waals surface area contributed by atoms with Gasteiger partial charge in [0.1, 0.15) is 11.0 Å². The molecule has 198 valence electrons.